The van der Waals surface area contributed by atoms with Crippen molar-refractivity contribution in [2.24, 2.45) is 10.4 Å². The smallest absolute Gasteiger partial charge is 0.437 e. The number of nitrogens with zero attached hydrogens (tertiary/aromatic N) is 1. The molecule has 0 aliphatic rings. The lowest BCUT2D eigenvalue weighted by Gasteiger charge is -2.22. The van der Waals surface area contributed by atoms with Crippen LogP contribution in [0.3, 0.4) is 0 Å². The van der Waals surface area contributed by atoms with E-state index in [2.05, 4.69) is 36.4 Å². The van der Waals surface area contributed by atoms with Crippen LogP contribution < -0.4 is 10.6 Å². The molecule has 0 atom stereocenters. The first-order valence-corrected chi connectivity index (χ1v) is 8.13. The Balaban J connectivity index is 4.94. The predicted molar refractivity (Wildman–Crippen MR) is 95.1 cm³/mol. The molecule has 0 radical (unpaired) electrons. The van der Waals surface area contributed by atoms with E-state index in [0.717, 1.165) is 6.42 Å². The monoisotopic (exact) mass is 343 g/mol. The number of aliphatic imine (C=N–C) groups is 1. The maximum Gasteiger partial charge on any atom is 0.437 e. The maximum absolute atomic E-state index is 11.9. The molecule has 0 aliphatic heterocycles. The van der Waals surface area contributed by atoms with Crippen LogP contribution in [0.2, 0.25) is 0 Å². The molecule has 0 heterocycles. The fourth-order valence-corrected chi connectivity index (χ4v) is 1.44. The first-order chi connectivity index (χ1) is 10.6. The second-order valence-corrected chi connectivity index (χ2v) is 8.81. The van der Waals surface area contributed by atoms with Gasteiger partial charge >= 0.3 is 12.2 Å². The van der Waals surface area contributed by atoms with Crippen molar-refractivity contribution >= 4 is 18.1 Å². The minimum atomic E-state index is -0.781. The van der Waals surface area contributed by atoms with Gasteiger partial charge in [0.05, 0.1) is 0 Å². The van der Waals surface area contributed by atoms with Crippen molar-refractivity contribution in [3.63, 3.8) is 0 Å². The van der Waals surface area contributed by atoms with Crippen molar-refractivity contribution < 1.29 is 19.1 Å². The number of hydrogen-bond donors (Lipinski definition) is 2. The summed E-state index contributed by atoms with van der Waals surface area (Å²) in [7, 11) is 0. The Morgan fingerprint density at radius 1 is 0.875 bits per heavy atom. The second-order valence-electron chi connectivity index (χ2n) is 8.81. The summed E-state index contributed by atoms with van der Waals surface area (Å²) in [4.78, 5) is 27.5. The van der Waals surface area contributed by atoms with Crippen LogP contribution in [0.25, 0.3) is 0 Å². The number of rotatable bonds is 2. The molecule has 0 bridgehead atoms. The third kappa shape index (κ3) is 13.8. The topological polar surface area (TPSA) is 89.0 Å². The van der Waals surface area contributed by atoms with Gasteiger partial charge in [-0.25, -0.2) is 9.59 Å². The van der Waals surface area contributed by atoms with Crippen LogP contribution in [0.4, 0.5) is 9.59 Å². The summed E-state index contributed by atoms with van der Waals surface area (Å²) in [5.74, 6) is 0.0164. The summed E-state index contributed by atoms with van der Waals surface area (Å²) < 4.78 is 10.3. The van der Waals surface area contributed by atoms with Gasteiger partial charge in [-0.1, -0.05) is 20.8 Å². The predicted octanol–water partition coefficient (Wildman–Crippen LogP) is 3.83. The minimum absolute atomic E-state index is 0.0164. The zero-order valence-electron chi connectivity index (χ0n) is 16.5. The molecule has 0 aromatic carbocycles. The number of alkyl carbamates (subject to hydrolysis) is 1. The van der Waals surface area contributed by atoms with Crippen molar-refractivity contribution in [1.29, 1.82) is 0 Å². The van der Waals surface area contributed by atoms with Crippen LogP contribution in [0.15, 0.2) is 4.99 Å². The molecular weight excluding hydrogens is 310 g/mol. The van der Waals surface area contributed by atoms with Gasteiger partial charge in [-0.2, -0.15) is 0 Å². The van der Waals surface area contributed by atoms with Crippen molar-refractivity contribution in [2.45, 2.75) is 79.9 Å². The van der Waals surface area contributed by atoms with E-state index < -0.39 is 23.4 Å². The van der Waals surface area contributed by atoms with Crippen molar-refractivity contribution in [3.8, 4) is 0 Å². The van der Waals surface area contributed by atoms with Gasteiger partial charge in [-0.05, 0) is 53.4 Å². The lowest BCUT2D eigenvalue weighted by Crippen LogP contribution is -2.44. The summed E-state index contributed by atoms with van der Waals surface area (Å²) in [5.41, 5.74) is -1.20. The summed E-state index contributed by atoms with van der Waals surface area (Å²) in [5, 5.41) is 5.40. The number of carbonyl (C=O) groups is 2. The molecule has 0 aliphatic carbocycles. The first kappa shape index (κ1) is 22.2. The van der Waals surface area contributed by atoms with Crippen LogP contribution >= 0.6 is 0 Å². The molecule has 140 valence electrons. The Labute approximate surface area is 145 Å². The Morgan fingerprint density at radius 2 is 1.38 bits per heavy atom. The van der Waals surface area contributed by atoms with Gasteiger partial charge in [0.15, 0.2) is 0 Å². The molecule has 0 spiro atoms. The Morgan fingerprint density at radius 3 is 1.79 bits per heavy atom. The van der Waals surface area contributed by atoms with Crippen LogP contribution in [0.1, 0.15) is 68.7 Å². The van der Waals surface area contributed by atoms with E-state index >= 15 is 0 Å². The van der Waals surface area contributed by atoms with E-state index in [1.54, 1.807) is 41.5 Å². The molecule has 2 N–H and O–H groups in total. The maximum atomic E-state index is 11.9. The van der Waals surface area contributed by atoms with Gasteiger partial charge in [0.1, 0.15) is 11.2 Å². The van der Waals surface area contributed by atoms with E-state index in [1.165, 1.54) is 0 Å². The molecule has 0 aromatic heterocycles. The number of carbonyl (C=O) groups excluding carboxylic acids is 2. The van der Waals surface area contributed by atoms with E-state index in [4.69, 9.17) is 9.47 Å². The second kappa shape index (κ2) is 8.35. The molecule has 0 aromatic rings. The number of amides is 2. The zero-order chi connectivity index (χ0) is 19.2. The van der Waals surface area contributed by atoms with Crippen molar-refractivity contribution in [2.75, 3.05) is 6.54 Å². The molecule has 7 heteroatoms. The van der Waals surface area contributed by atoms with Gasteiger partial charge in [0, 0.05) is 6.54 Å². The summed E-state index contributed by atoms with van der Waals surface area (Å²) in [6.07, 6.45) is -0.638. The molecule has 0 saturated carbocycles. The van der Waals surface area contributed by atoms with Crippen LogP contribution in [-0.4, -0.2) is 35.9 Å². The highest BCUT2D eigenvalue weighted by Crippen LogP contribution is 2.17. The average Bonchev–Trinajstić information content (AvgIpc) is 2.20. The fourth-order valence-electron chi connectivity index (χ4n) is 1.44. The Bertz CT molecular complexity index is 466. The van der Waals surface area contributed by atoms with Gasteiger partial charge < -0.3 is 14.8 Å². The Kier molecular flexibility index (Phi) is 7.73. The molecule has 0 rings (SSSR count). The van der Waals surface area contributed by atoms with Gasteiger partial charge in [0.2, 0.25) is 5.96 Å². The quantitative estimate of drug-likeness (QED) is 0.587. The number of nitrogens with one attached hydrogen (secondary N) is 2. The summed E-state index contributed by atoms with van der Waals surface area (Å²) >= 11 is 0. The van der Waals surface area contributed by atoms with Gasteiger partial charge in [-0.15, -0.1) is 4.99 Å². The van der Waals surface area contributed by atoms with Crippen molar-refractivity contribution in [3.05, 3.63) is 0 Å². The Hall–Kier alpha value is -1.79. The normalized spacial score (nSPS) is 13.3. The van der Waals surface area contributed by atoms with Gasteiger partial charge in [0.25, 0.3) is 0 Å². The standard InChI is InChI=1S/C17H33N3O4/c1-15(2,3)10-11-18-12(19-13(21)23-16(4,5)6)20-14(22)24-17(7,8)9/h10-11H2,1-9H3,(H2,18,19,20,21,22). The molecule has 7 nitrogen and oxygen atoms in total. The molecule has 0 saturated heterocycles. The molecule has 0 unspecified atom stereocenters. The lowest BCUT2D eigenvalue weighted by molar-refractivity contribution is 0.0560. The van der Waals surface area contributed by atoms with E-state index in [9.17, 15) is 9.59 Å². The minimum Gasteiger partial charge on any atom is -0.444 e. The largest absolute Gasteiger partial charge is 0.444 e. The van der Waals surface area contributed by atoms with Crippen LogP contribution in [0.5, 0.6) is 0 Å². The SMILES string of the molecule is CC(C)(C)CCN/C(=N\C(=O)OC(C)(C)C)NC(=O)OC(C)(C)C. The third-order valence-electron chi connectivity index (χ3n) is 2.38. The molecular formula is C17H33N3O4. The van der Waals surface area contributed by atoms with E-state index in [0.29, 0.717) is 6.54 Å². The van der Waals surface area contributed by atoms with Gasteiger partial charge in [-0.3, -0.25) is 5.32 Å². The lowest BCUT2D eigenvalue weighted by atomic mass is 9.92. The van der Waals surface area contributed by atoms with Crippen LogP contribution in [-0.2, 0) is 9.47 Å². The average molecular weight is 343 g/mol. The number of hydrogen-bond acceptors (Lipinski definition) is 4. The highest BCUT2D eigenvalue weighted by molar-refractivity contribution is 5.98. The van der Waals surface area contributed by atoms with E-state index in [-0.39, 0.29) is 11.4 Å². The van der Waals surface area contributed by atoms with Crippen LogP contribution in [0, 0.1) is 5.41 Å². The number of ether oxygens (including phenoxy) is 2. The highest BCUT2D eigenvalue weighted by atomic mass is 16.6. The van der Waals surface area contributed by atoms with E-state index in [1.807, 2.05) is 0 Å². The fraction of sp³-hybridized carbons (Fsp3) is 0.824. The molecule has 0 fully saturated rings. The summed E-state index contributed by atoms with van der Waals surface area (Å²) in [6.45, 7) is 17.3. The summed E-state index contributed by atoms with van der Waals surface area (Å²) in [6, 6.07) is 0. The first-order valence-electron chi connectivity index (χ1n) is 8.13. The number of guanidine groups is 1. The third-order valence-corrected chi connectivity index (χ3v) is 2.38. The highest BCUT2D eigenvalue weighted by Gasteiger charge is 2.20. The van der Waals surface area contributed by atoms with Crippen molar-refractivity contribution in [1.82, 2.24) is 10.6 Å². The zero-order valence-corrected chi connectivity index (χ0v) is 16.5. The molecule has 24 heavy (non-hydrogen) atoms. The molecule has 2 amide bonds.